The van der Waals surface area contributed by atoms with Gasteiger partial charge in [0.25, 0.3) is 0 Å². The molecule has 9 heavy (non-hydrogen) atoms. The standard InChI is InChI=1S/C9H16/c1-7-3-4-8(7)9(2)5-6-9/h7-8H,3-6H2,1-2H3. The zero-order valence-corrected chi connectivity index (χ0v) is 6.48. The van der Waals surface area contributed by atoms with E-state index in [9.17, 15) is 0 Å². The molecule has 2 rings (SSSR count). The van der Waals surface area contributed by atoms with Gasteiger partial charge in [-0.25, -0.2) is 0 Å². The minimum absolute atomic E-state index is 0.817. The molecule has 2 atom stereocenters. The highest BCUT2D eigenvalue weighted by Gasteiger charge is 2.49. The maximum atomic E-state index is 2.47. The molecule has 0 saturated heterocycles. The van der Waals surface area contributed by atoms with Gasteiger partial charge in [-0.1, -0.05) is 20.3 Å². The van der Waals surface area contributed by atoms with Gasteiger partial charge < -0.3 is 0 Å². The Morgan fingerprint density at radius 3 is 2.00 bits per heavy atom. The van der Waals surface area contributed by atoms with Crippen LogP contribution in [0.4, 0.5) is 0 Å². The van der Waals surface area contributed by atoms with Gasteiger partial charge in [0.1, 0.15) is 0 Å². The fraction of sp³-hybridized carbons (Fsp3) is 1.00. The first-order valence-electron chi connectivity index (χ1n) is 4.22. The molecule has 0 bridgehead atoms. The summed E-state index contributed by atoms with van der Waals surface area (Å²) in [6.45, 7) is 4.88. The van der Waals surface area contributed by atoms with Crippen molar-refractivity contribution in [3.05, 3.63) is 0 Å². The van der Waals surface area contributed by atoms with E-state index in [0.717, 1.165) is 17.3 Å². The summed E-state index contributed by atoms with van der Waals surface area (Å²) < 4.78 is 0. The summed E-state index contributed by atoms with van der Waals surface area (Å²) in [6.07, 6.45) is 6.06. The number of hydrogen-bond acceptors (Lipinski definition) is 0. The lowest BCUT2D eigenvalue weighted by Gasteiger charge is -2.39. The van der Waals surface area contributed by atoms with Crippen LogP contribution < -0.4 is 0 Å². The van der Waals surface area contributed by atoms with Gasteiger partial charge in [-0.15, -0.1) is 0 Å². The Morgan fingerprint density at radius 2 is 1.89 bits per heavy atom. The molecule has 2 saturated carbocycles. The molecule has 0 heteroatoms. The van der Waals surface area contributed by atoms with Crippen molar-refractivity contribution < 1.29 is 0 Å². The molecule has 0 aromatic carbocycles. The molecule has 52 valence electrons. The summed E-state index contributed by atoms with van der Waals surface area (Å²) in [5, 5.41) is 0. The second kappa shape index (κ2) is 1.53. The molecular weight excluding hydrogens is 108 g/mol. The van der Waals surface area contributed by atoms with Crippen LogP contribution in [0.2, 0.25) is 0 Å². The first-order valence-corrected chi connectivity index (χ1v) is 4.22. The van der Waals surface area contributed by atoms with Crippen LogP contribution in [0.15, 0.2) is 0 Å². The molecule has 0 amide bonds. The van der Waals surface area contributed by atoms with Crippen molar-refractivity contribution in [1.82, 2.24) is 0 Å². The molecule has 0 aliphatic heterocycles. The Balaban J connectivity index is 1.98. The number of hydrogen-bond donors (Lipinski definition) is 0. The van der Waals surface area contributed by atoms with E-state index in [1.54, 1.807) is 0 Å². The van der Waals surface area contributed by atoms with E-state index in [1.807, 2.05) is 0 Å². The third-order valence-electron chi connectivity index (χ3n) is 3.55. The van der Waals surface area contributed by atoms with Crippen LogP contribution in [-0.2, 0) is 0 Å². The third-order valence-corrected chi connectivity index (χ3v) is 3.55. The topological polar surface area (TPSA) is 0 Å². The Labute approximate surface area is 57.6 Å². The van der Waals surface area contributed by atoms with Gasteiger partial charge >= 0.3 is 0 Å². The fourth-order valence-electron chi connectivity index (χ4n) is 2.27. The number of rotatable bonds is 1. The minimum Gasteiger partial charge on any atom is -0.0622 e. The average Bonchev–Trinajstić information content (AvgIpc) is 2.44. The van der Waals surface area contributed by atoms with Crippen molar-refractivity contribution in [1.29, 1.82) is 0 Å². The van der Waals surface area contributed by atoms with Gasteiger partial charge in [-0.3, -0.25) is 0 Å². The average molecular weight is 124 g/mol. The second-order valence-electron chi connectivity index (χ2n) is 4.32. The van der Waals surface area contributed by atoms with Crippen molar-refractivity contribution in [2.24, 2.45) is 17.3 Å². The van der Waals surface area contributed by atoms with Crippen LogP contribution in [0.3, 0.4) is 0 Å². The van der Waals surface area contributed by atoms with Crippen molar-refractivity contribution in [3.63, 3.8) is 0 Å². The van der Waals surface area contributed by atoms with E-state index in [2.05, 4.69) is 13.8 Å². The van der Waals surface area contributed by atoms with E-state index >= 15 is 0 Å². The summed E-state index contributed by atoms with van der Waals surface area (Å²) in [5.41, 5.74) is 0.817. The zero-order valence-electron chi connectivity index (χ0n) is 6.48. The van der Waals surface area contributed by atoms with E-state index in [0.29, 0.717) is 0 Å². The highest BCUT2D eigenvalue weighted by Crippen LogP contribution is 2.60. The third kappa shape index (κ3) is 0.720. The Morgan fingerprint density at radius 1 is 1.22 bits per heavy atom. The predicted octanol–water partition coefficient (Wildman–Crippen LogP) is 2.83. The molecule has 0 aromatic heterocycles. The quantitative estimate of drug-likeness (QED) is 0.504. The van der Waals surface area contributed by atoms with Crippen molar-refractivity contribution >= 4 is 0 Å². The van der Waals surface area contributed by atoms with E-state index < -0.39 is 0 Å². The maximum Gasteiger partial charge on any atom is -0.0295 e. The van der Waals surface area contributed by atoms with Crippen LogP contribution in [0.5, 0.6) is 0 Å². The summed E-state index contributed by atoms with van der Waals surface area (Å²) in [4.78, 5) is 0. The lowest BCUT2D eigenvalue weighted by atomic mass is 9.67. The van der Waals surface area contributed by atoms with Crippen LogP contribution in [-0.4, -0.2) is 0 Å². The Hall–Kier alpha value is 0. The van der Waals surface area contributed by atoms with Crippen molar-refractivity contribution in [2.45, 2.75) is 39.5 Å². The SMILES string of the molecule is CC1CCC1C1(C)CC1. The van der Waals surface area contributed by atoms with Gasteiger partial charge in [0.2, 0.25) is 0 Å². The van der Waals surface area contributed by atoms with Gasteiger partial charge in [-0.05, 0) is 36.5 Å². The molecule has 2 unspecified atom stereocenters. The van der Waals surface area contributed by atoms with Crippen LogP contribution in [0.25, 0.3) is 0 Å². The van der Waals surface area contributed by atoms with Crippen LogP contribution in [0, 0.1) is 17.3 Å². The molecular formula is C9H16. The molecule has 0 aromatic rings. The summed E-state index contributed by atoms with van der Waals surface area (Å²) in [6, 6.07) is 0. The van der Waals surface area contributed by atoms with Crippen LogP contribution in [0.1, 0.15) is 39.5 Å². The summed E-state index contributed by atoms with van der Waals surface area (Å²) in [7, 11) is 0. The molecule has 0 nitrogen and oxygen atoms in total. The van der Waals surface area contributed by atoms with Crippen molar-refractivity contribution in [2.75, 3.05) is 0 Å². The predicted molar refractivity (Wildman–Crippen MR) is 39.2 cm³/mol. The highest BCUT2D eigenvalue weighted by molar-refractivity contribution is 5.00. The maximum absolute atomic E-state index is 2.47. The fourth-order valence-corrected chi connectivity index (χ4v) is 2.27. The minimum atomic E-state index is 0.817. The monoisotopic (exact) mass is 124 g/mol. The zero-order chi connectivity index (χ0) is 6.48. The molecule has 0 N–H and O–H groups in total. The first kappa shape index (κ1) is 5.76. The summed E-state index contributed by atoms with van der Waals surface area (Å²) >= 11 is 0. The largest absolute Gasteiger partial charge is 0.0622 e. The Bertz CT molecular complexity index is 122. The van der Waals surface area contributed by atoms with Gasteiger partial charge in [-0.2, -0.15) is 0 Å². The lowest BCUT2D eigenvalue weighted by Crippen LogP contribution is -2.29. The van der Waals surface area contributed by atoms with Gasteiger partial charge in [0.05, 0.1) is 0 Å². The van der Waals surface area contributed by atoms with E-state index in [1.165, 1.54) is 25.7 Å². The van der Waals surface area contributed by atoms with Gasteiger partial charge in [0.15, 0.2) is 0 Å². The lowest BCUT2D eigenvalue weighted by molar-refractivity contribution is 0.113. The first-order chi connectivity index (χ1) is 4.22. The summed E-state index contributed by atoms with van der Waals surface area (Å²) in [5.74, 6) is 2.16. The van der Waals surface area contributed by atoms with E-state index in [4.69, 9.17) is 0 Å². The molecule has 0 spiro atoms. The molecule has 2 aliphatic carbocycles. The molecule has 0 radical (unpaired) electrons. The second-order valence-corrected chi connectivity index (χ2v) is 4.32. The molecule has 2 aliphatic rings. The highest BCUT2D eigenvalue weighted by atomic mass is 14.5. The van der Waals surface area contributed by atoms with Crippen LogP contribution >= 0.6 is 0 Å². The Kier molecular flexibility index (Phi) is 0.980. The molecule has 2 fully saturated rings. The molecule has 0 heterocycles. The van der Waals surface area contributed by atoms with E-state index in [-0.39, 0.29) is 0 Å². The smallest absolute Gasteiger partial charge is 0.0295 e. The van der Waals surface area contributed by atoms with Crippen molar-refractivity contribution in [3.8, 4) is 0 Å². The normalized spacial score (nSPS) is 46.0. The van der Waals surface area contributed by atoms with Gasteiger partial charge in [0, 0.05) is 0 Å².